The van der Waals surface area contributed by atoms with Crippen LogP contribution < -0.4 is 5.73 Å². The molecule has 6 aromatic rings. The number of nitrogens with two attached hydrogens (primary N) is 1. The van der Waals surface area contributed by atoms with Crippen molar-refractivity contribution in [3.05, 3.63) is 173 Å². The van der Waals surface area contributed by atoms with E-state index in [1.54, 1.807) is 0 Å². The molecule has 2 aliphatic carbocycles. The van der Waals surface area contributed by atoms with Gasteiger partial charge in [0, 0.05) is 6.54 Å². The van der Waals surface area contributed by atoms with Crippen LogP contribution in [0.15, 0.2) is 146 Å². The van der Waals surface area contributed by atoms with Crippen molar-refractivity contribution in [3.63, 3.8) is 0 Å². The van der Waals surface area contributed by atoms with Gasteiger partial charge in [0.25, 0.3) is 0 Å². The van der Waals surface area contributed by atoms with Crippen LogP contribution in [0.25, 0.3) is 49.9 Å². The molecule has 0 aliphatic heterocycles. The lowest BCUT2D eigenvalue weighted by Crippen LogP contribution is -2.29. The molecular formula is C40H29N. The lowest BCUT2D eigenvalue weighted by Gasteiger charge is -2.36. The van der Waals surface area contributed by atoms with Crippen molar-refractivity contribution in [2.45, 2.75) is 12.0 Å². The maximum absolute atomic E-state index is 6.16. The van der Waals surface area contributed by atoms with Gasteiger partial charge in [-0.15, -0.1) is 0 Å². The van der Waals surface area contributed by atoms with Crippen LogP contribution in [0, 0.1) is 0 Å². The minimum Gasteiger partial charge on any atom is -0.326 e. The first-order chi connectivity index (χ1) is 20.2. The average molecular weight is 524 g/mol. The second kappa shape index (κ2) is 9.02. The van der Waals surface area contributed by atoms with Gasteiger partial charge >= 0.3 is 0 Å². The first-order valence-electron chi connectivity index (χ1n) is 14.2. The van der Waals surface area contributed by atoms with Gasteiger partial charge in [0.2, 0.25) is 0 Å². The Balaban J connectivity index is 1.38. The van der Waals surface area contributed by atoms with Gasteiger partial charge in [0.1, 0.15) is 0 Å². The number of allylic oxidation sites excluding steroid dienone is 4. The van der Waals surface area contributed by atoms with Gasteiger partial charge in [0.05, 0.1) is 5.41 Å². The summed E-state index contributed by atoms with van der Waals surface area (Å²) in [6.07, 6.45) is 8.60. The van der Waals surface area contributed by atoms with Gasteiger partial charge in [-0.25, -0.2) is 0 Å². The molecule has 0 fully saturated rings. The molecule has 1 unspecified atom stereocenters. The topological polar surface area (TPSA) is 26.0 Å². The fourth-order valence-electron chi connectivity index (χ4n) is 7.06. The molecular weight excluding hydrogens is 494 g/mol. The van der Waals surface area contributed by atoms with Gasteiger partial charge < -0.3 is 5.73 Å². The summed E-state index contributed by atoms with van der Waals surface area (Å²) in [6, 6.07) is 42.4. The maximum atomic E-state index is 6.16. The zero-order valence-corrected chi connectivity index (χ0v) is 22.8. The van der Waals surface area contributed by atoms with Crippen molar-refractivity contribution < 1.29 is 0 Å². The minimum atomic E-state index is -0.476. The van der Waals surface area contributed by atoms with E-state index in [-0.39, 0.29) is 0 Å². The SMILES string of the molecule is C=C1/C=C\C=C/c2ccccc2C12c1ccc(CN)cc1-c1cc(-c3ccc4cc5ccccc5cc4c3)ccc12. The van der Waals surface area contributed by atoms with Gasteiger partial charge in [-0.2, -0.15) is 0 Å². The number of rotatable bonds is 2. The van der Waals surface area contributed by atoms with Crippen molar-refractivity contribution in [1.82, 2.24) is 0 Å². The van der Waals surface area contributed by atoms with Gasteiger partial charge in [-0.05, 0) is 108 Å². The minimum absolute atomic E-state index is 0.476. The van der Waals surface area contributed by atoms with E-state index in [9.17, 15) is 0 Å². The molecule has 6 aromatic carbocycles. The summed E-state index contributed by atoms with van der Waals surface area (Å²) in [5, 5.41) is 5.04. The van der Waals surface area contributed by atoms with Gasteiger partial charge in [-0.3, -0.25) is 0 Å². The molecule has 0 saturated heterocycles. The zero-order chi connectivity index (χ0) is 27.6. The van der Waals surface area contributed by atoms with Crippen LogP contribution in [0.2, 0.25) is 0 Å². The lowest BCUT2D eigenvalue weighted by atomic mass is 9.65. The fraction of sp³-hybridized carbons (Fsp3) is 0.0500. The highest BCUT2D eigenvalue weighted by Gasteiger charge is 2.47. The third-order valence-electron chi connectivity index (χ3n) is 9.01. The average Bonchev–Trinajstić information content (AvgIpc) is 3.31. The number of hydrogen-bond acceptors (Lipinski definition) is 1. The van der Waals surface area contributed by atoms with Crippen molar-refractivity contribution >= 4 is 27.6 Å². The van der Waals surface area contributed by atoms with Gasteiger partial charge in [-0.1, -0.05) is 116 Å². The summed E-state index contributed by atoms with van der Waals surface area (Å²) < 4.78 is 0. The molecule has 1 nitrogen and oxygen atoms in total. The number of benzene rings is 6. The molecule has 0 radical (unpaired) electrons. The molecule has 0 amide bonds. The van der Waals surface area contributed by atoms with Crippen molar-refractivity contribution in [2.75, 3.05) is 0 Å². The van der Waals surface area contributed by atoms with Crippen molar-refractivity contribution in [3.8, 4) is 22.3 Å². The highest BCUT2D eigenvalue weighted by molar-refractivity contribution is 6.00. The van der Waals surface area contributed by atoms with E-state index in [0.29, 0.717) is 6.54 Å². The predicted molar refractivity (Wildman–Crippen MR) is 174 cm³/mol. The standard InChI is InChI=1S/C40H29N/c1-26-8-2-3-9-28-10-6-7-13-37(28)40(26)38-18-14-27(25-41)20-35(38)36-24-33(17-19-39(36)40)31-15-16-32-21-29-11-4-5-12-30(29)22-34(32)23-31/h2-24H,1,25,41H2/b8-2-,9-3-. The van der Waals surface area contributed by atoms with Crippen LogP contribution >= 0.6 is 0 Å². The van der Waals surface area contributed by atoms with E-state index in [0.717, 1.165) is 11.1 Å². The Morgan fingerprint density at radius 3 is 2.00 bits per heavy atom. The van der Waals surface area contributed by atoms with E-state index >= 15 is 0 Å². The van der Waals surface area contributed by atoms with E-state index in [4.69, 9.17) is 5.73 Å². The Kier molecular flexibility index (Phi) is 5.25. The second-order valence-corrected chi connectivity index (χ2v) is 11.2. The fourth-order valence-corrected chi connectivity index (χ4v) is 7.06. The van der Waals surface area contributed by atoms with Crippen LogP contribution in [-0.2, 0) is 12.0 Å². The van der Waals surface area contributed by atoms with E-state index in [2.05, 4.69) is 146 Å². The summed E-state index contributed by atoms with van der Waals surface area (Å²) >= 11 is 0. The first-order valence-corrected chi connectivity index (χ1v) is 14.2. The van der Waals surface area contributed by atoms with Crippen LogP contribution in [-0.4, -0.2) is 0 Å². The van der Waals surface area contributed by atoms with Crippen molar-refractivity contribution in [1.29, 1.82) is 0 Å². The zero-order valence-electron chi connectivity index (χ0n) is 22.8. The molecule has 1 atom stereocenters. The largest absolute Gasteiger partial charge is 0.326 e. The third kappa shape index (κ3) is 3.46. The Labute approximate surface area is 240 Å². The second-order valence-electron chi connectivity index (χ2n) is 11.2. The monoisotopic (exact) mass is 523 g/mol. The molecule has 1 heteroatoms. The van der Waals surface area contributed by atoms with Crippen LogP contribution in [0.3, 0.4) is 0 Å². The molecule has 0 heterocycles. The quantitative estimate of drug-likeness (QED) is 0.225. The highest BCUT2D eigenvalue weighted by atomic mass is 14.5. The molecule has 2 N–H and O–H groups in total. The maximum Gasteiger partial charge on any atom is 0.0713 e. The lowest BCUT2D eigenvalue weighted by molar-refractivity contribution is 0.767. The summed E-state index contributed by atoms with van der Waals surface area (Å²) in [5.74, 6) is 0. The molecule has 8 rings (SSSR count). The third-order valence-corrected chi connectivity index (χ3v) is 9.01. The van der Waals surface area contributed by atoms with Crippen LogP contribution in [0.1, 0.15) is 27.8 Å². The Morgan fingerprint density at radius 2 is 1.17 bits per heavy atom. The summed E-state index contributed by atoms with van der Waals surface area (Å²) in [5.41, 5.74) is 17.8. The van der Waals surface area contributed by atoms with Crippen LogP contribution in [0.5, 0.6) is 0 Å². The summed E-state index contributed by atoms with van der Waals surface area (Å²) in [4.78, 5) is 0. The molecule has 0 saturated carbocycles. The Bertz CT molecular complexity index is 2110. The van der Waals surface area contributed by atoms with Gasteiger partial charge in [0.15, 0.2) is 0 Å². The molecule has 41 heavy (non-hydrogen) atoms. The van der Waals surface area contributed by atoms with Crippen molar-refractivity contribution in [2.24, 2.45) is 5.73 Å². The van der Waals surface area contributed by atoms with E-state index in [1.165, 1.54) is 66.1 Å². The predicted octanol–water partition coefficient (Wildman–Crippen LogP) is 9.57. The van der Waals surface area contributed by atoms with Crippen LogP contribution in [0.4, 0.5) is 0 Å². The molecule has 1 spiro atoms. The molecule has 0 bridgehead atoms. The Hall–Kier alpha value is -4.98. The Morgan fingerprint density at radius 1 is 0.537 bits per heavy atom. The summed E-state index contributed by atoms with van der Waals surface area (Å²) in [6.45, 7) is 5.19. The van der Waals surface area contributed by atoms with E-state index < -0.39 is 5.41 Å². The highest BCUT2D eigenvalue weighted by Crippen LogP contribution is 2.58. The van der Waals surface area contributed by atoms with E-state index in [1.807, 2.05) is 0 Å². The number of hydrogen-bond donors (Lipinski definition) is 1. The number of fused-ring (bicyclic) bond motifs is 9. The summed E-state index contributed by atoms with van der Waals surface area (Å²) in [7, 11) is 0. The molecule has 0 aromatic heterocycles. The first kappa shape index (κ1) is 23.9. The smallest absolute Gasteiger partial charge is 0.0713 e. The molecule has 2 aliphatic rings. The molecule has 194 valence electrons. The normalized spacial score (nSPS) is 18.5.